The van der Waals surface area contributed by atoms with Gasteiger partial charge in [-0.25, -0.2) is 0 Å². The Morgan fingerprint density at radius 3 is 2.06 bits per heavy atom. The van der Waals surface area contributed by atoms with Crippen LogP contribution in [0.2, 0.25) is 0 Å². The first kappa shape index (κ1) is 12.4. The third-order valence-corrected chi connectivity index (χ3v) is 4.02. The molecule has 94 valence electrons. The van der Waals surface area contributed by atoms with Gasteiger partial charge in [-0.05, 0) is 42.4 Å². The predicted octanol–water partition coefficient (Wildman–Crippen LogP) is 3.10. The van der Waals surface area contributed by atoms with Crippen molar-refractivity contribution in [3.05, 3.63) is 28.8 Å². The maximum atomic E-state index is 9.76. The van der Waals surface area contributed by atoms with Crippen molar-refractivity contribution in [3.8, 4) is 5.75 Å². The fourth-order valence-corrected chi connectivity index (χ4v) is 2.77. The van der Waals surface area contributed by atoms with Gasteiger partial charge in [0.05, 0.1) is 0 Å². The summed E-state index contributed by atoms with van der Waals surface area (Å²) in [5.74, 6) is 2.04. The molecule has 0 spiro atoms. The zero-order valence-corrected chi connectivity index (χ0v) is 11.3. The van der Waals surface area contributed by atoms with E-state index in [1.54, 1.807) is 0 Å². The smallest absolute Gasteiger partial charge is 0.121 e. The molecule has 17 heavy (non-hydrogen) atoms. The van der Waals surface area contributed by atoms with Gasteiger partial charge in [-0.15, -0.1) is 0 Å². The maximum Gasteiger partial charge on any atom is 0.121 e. The van der Waals surface area contributed by atoms with Crippen molar-refractivity contribution in [1.82, 2.24) is 4.90 Å². The molecule has 1 fully saturated rings. The second kappa shape index (κ2) is 4.69. The van der Waals surface area contributed by atoms with E-state index in [9.17, 15) is 5.11 Å². The third-order valence-electron chi connectivity index (χ3n) is 4.02. The number of hydrogen-bond donors (Lipinski definition) is 1. The van der Waals surface area contributed by atoms with Gasteiger partial charge in [0, 0.05) is 19.6 Å². The fraction of sp³-hybridized carbons (Fsp3) is 0.600. The van der Waals surface area contributed by atoms with Crippen LogP contribution in [0.25, 0.3) is 0 Å². The molecular weight excluding hydrogens is 210 g/mol. The Morgan fingerprint density at radius 1 is 1.12 bits per heavy atom. The molecule has 1 aromatic carbocycles. The molecule has 0 amide bonds. The summed E-state index contributed by atoms with van der Waals surface area (Å²) in [4.78, 5) is 2.51. The highest BCUT2D eigenvalue weighted by Gasteiger charge is 2.25. The first-order chi connectivity index (χ1) is 7.97. The molecule has 1 saturated heterocycles. The molecule has 1 N–H and O–H groups in total. The molecule has 2 rings (SSSR count). The van der Waals surface area contributed by atoms with Gasteiger partial charge in [-0.2, -0.15) is 0 Å². The van der Waals surface area contributed by atoms with Crippen LogP contribution in [0.4, 0.5) is 0 Å². The second-order valence-corrected chi connectivity index (χ2v) is 5.73. The lowest BCUT2D eigenvalue weighted by molar-refractivity contribution is 0.316. The summed E-state index contributed by atoms with van der Waals surface area (Å²) in [7, 11) is 0. The Hall–Kier alpha value is -1.02. The van der Waals surface area contributed by atoms with Crippen LogP contribution >= 0.6 is 0 Å². The second-order valence-electron chi connectivity index (χ2n) is 5.73. The highest BCUT2D eigenvalue weighted by Crippen LogP contribution is 2.27. The summed E-state index contributed by atoms with van der Waals surface area (Å²) in [5.41, 5.74) is 3.29. The summed E-state index contributed by atoms with van der Waals surface area (Å²) in [5, 5.41) is 9.76. The molecule has 2 atom stereocenters. The van der Waals surface area contributed by atoms with Gasteiger partial charge in [0.15, 0.2) is 0 Å². The van der Waals surface area contributed by atoms with E-state index in [1.165, 1.54) is 18.7 Å². The van der Waals surface area contributed by atoms with Crippen molar-refractivity contribution in [3.63, 3.8) is 0 Å². The zero-order chi connectivity index (χ0) is 12.6. The van der Waals surface area contributed by atoms with E-state index in [4.69, 9.17) is 0 Å². The molecule has 1 aliphatic heterocycles. The Morgan fingerprint density at radius 2 is 1.59 bits per heavy atom. The Kier molecular flexibility index (Phi) is 3.43. The molecule has 1 heterocycles. The van der Waals surface area contributed by atoms with Crippen LogP contribution in [0.3, 0.4) is 0 Å². The molecule has 0 radical (unpaired) electrons. The minimum Gasteiger partial charge on any atom is -0.507 e. The maximum absolute atomic E-state index is 9.76. The lowest BCUT2D eigenvalue weighted by Gasteiger charge is -2.17. The van der Waals surface area contributed by atoms with Gasteiger partial charge in [-0.3, -0.25) is 4.90 Å². The van der Waals surface area contributed by atoms with Crippen molar-refractivity contribution in [2.75, 3.05) is 13.1 Å². The number of phenolic OH excluding ortho intramolecular Hbond substituents is 1. The first-order valence-corrected chi connectivity index (χ1v) is 6.49. The minimum absolute atomic E-state index is 0.442. The van der Waals surface area contributed by atoms with Crippen molar-refractivity contribution >= 4 is 0 Å². The predicted molar refractivity (Wildman–Crippen MR) is 71.2 cm³/mol. The largest absolute Gasteiger partial charge is 0.507 e. The van der Waals surface area contributed by atoms with Crippen molar-refractivity contribution in [2.45, 2.75) is 34.2 Å². The topological polar surface area (TPSA) is 23.5 Å². The van der Waals surface area contributed by atoms with Crippen LogP contribution in [-0.2, 0) is 6.54 Å². The van der Waals surface area contributed by atoms with Gasteiger partial charge in [0.25, 0.3) is 0 Å². The van der Waals surface area contributed by atoms with Crippen LogP contribution in [0, 0.1) is 25.7 Å². The number of benzene rings is 1. The molecule has 2 nitrogen and oxygen atoms in total. The molecule has 0 bridgehead atoms. The normalized spacial score (nSPS) is 25.4. The number of likely N-dealkylation sites (tertiary alicyclic amines) is 1. The SMILES string of the molecule is Cc1cc(CN2CC(C)C(C)C2)cc(C)c1O. The van der Waals surface area contributed by atoms with E-state index in [0.29, 0.717) is 5.75 Å². The van der Waals surface area contributed by atoms with Crippen molar-refractivity contribution in [1.29, 1.82) is 0 Å². The lowest BCUT2D eigenvalue weighted by atomic mass is 10.0. The average molecular weight is 233 g/mol. The van der Waals surface area contributed by atoms with E-state index in [0.717, 1.165) is 29.5 Å². The average Bonchev–Trinajstić information content (AvgIpc) is 2.54. The van der Waals surface area contributed by atoms with E-state index in [1.807, 2.05) is 13.8 Å². The number of phenols is 1. The van der Waals surface area contributed by atoms with Crippen molar-refractivity contribution in [2.24, 2.45) is 11.8 Å². The Labute approximate surface area is 104 Å². The zero-order valence-electron chi connectivity index (χ0n) is 11.3. The molecule has 0 aliphatic carbocycles. The molecule has 2 heteroatoms. The van der Waals surface area contributed by atoms with Gasteiger partial charge in [-0.1, -0.05) is 26.0 Å². The highest BCUT2D eigenvalue weighted by atomic mass is 16.3. The molecule has 2 unspecified atom stereocenters. The van der Waals surface area contributed by atoms with E-state index >= 15 is 0 Å². The fourth-order valence-electron chi connectivity index (χ4n) is 2.77. The number of aromatic hydroxyl groups is 1. The van der Waals surface area contributed by atoms with Crippen LogP contribution < -0.4 is 0 Å². The summed E-state index contributed by atoms with van der Waals surface area (Å²) in [6.45, 7) is 12.0. The van der Waals surface area contributed by atoms with Gasteiger partial charge >= 0.3 is 0 Å². The monoisotopic (exact) mass is 233 g/mol. The van der Waals surface area contributed by atoms with E-state index < -0.39 is 0 Å². The first-order valence-electron chi connectivity index (χ1n) is 6.49. The number of nitrogens with zero attached hydrogens (tertiary/aromatic N) is 1. The quantitative estimate of drug-likeness (QED) is 0.848. The van der Waals surface area contributed by atoms with E-state index in [-0.39, 0.29) is 0 Å². The summed E-state index contributed by atoms with van der Waals surface area (Å²) in [6, 6.07) is 4.21. The van der Waals surface area contributed by atoms with Crippen LogP contribution in [-0.4, -0.2) is 23.1 Å². The van der Waals surface area contributed by atoms with Gasteiger partial charge in [0.2, 0.25) is 0 Å². The third kappa shape index (κ3) is 2.63. The summed E-state index contributed by atoms with van der Waals surface area (Å²) in [6.07, 6.45) is 0. The number of aryl methyl sites for hydroxylation is 2. The molecular formula is C15H23NO. The summed E-state index contributed by atoms with van der Waals surface area (Å²) < 4.78 is 0. The van der Waals surface area contributed by atoms with Crippen molar-refractivity contribution < 1.29 is 5.11 Å². The minimum atomic E-state index is 0.442. The standard InChI is InChI=1S/C15H23NO/c1-10-5-14(6-11(2)15(10)17)9-16-7-12(3)13(4)8-16/h5-6,12-13,17H,7-9H2,1-4H3. The summed E-state index contributed by atoms with van der Waals surface area (Å²) >= 11 is 0. The van der Waals surface area contributed by atoms with Crippen LogP contribution in [0.5, 0.6) is 5.75 Å². The highest BCUT2D eigenvalue weighted by molar-refractivity contribution is 5.42. The molecule has 1 aliphatic rings. The van der Waals surface area contributed by atoms with Crippen LogP contribution in [0.15, 0.2) is 12.1 Å². The van der Waals surface area contributed by atoms with Gasteiger partial charge < -0.3 is 5.11 Å². The molecule has 1 aromatic rings. The molecule has 0 saturated carbocycles. The Bertz CT molecular complexity index is 380. The number of hydrogen-bond acceptors (Lipinski definition) is 2. The Balaban J connectivity index is 2.10. The lowest BCUT2D eigenvalue weighted by Crippen LogP contribution is -2.20. The number of rotatable bonds is 2. The van der Waals surface area contributed by atoms with Crippen LogP contribution in [0.1, 0.15) is 30.5 Å². The van der Waals surface area contributed by atoms with E-state index in [2.05, 4.69) is 30.9 Å². The van der Waals surface area contributed by atoms with Gasteiger partial charge in [0.1, 0.15) is 5.75 Å². The molecule has 0 aromatic heterocycles.